The number of hydrogen-bond donors (Lipinski definition) is 1. The maximum Gasteiger partial charge on any atom is 0.307 e. The number of aromatic nitrogens is 1. The van der Waals surface area contributed by atoms with Crippen molar-refractivity contribution in [2.75, 3.05) is 6.79 Å². The molecule has 1 aliphatic rings. The Morgan fingerprint density at radius 2 is 1.85 bits per heavy atom. The SMILES string of the molecule is CCCc1ccc(-c2nc3cc4c(cc3c(C)c2CC(=O)O)OCO4)cc1. The van der Waals surface area contributed by atoms with E-state index < -0.39 is 5.97 Å². The van der Waals surface area contributed by atoms with Crippen molar-refractivity contribution in [3.8, 4) is 22.8 Å². The molecule has 2 aromatic carbocycles. The van der Waals surface area contributed by atoms with E-state index in [1.807, 2.05) is 31.2 Å². The lowest BCUT2D eigenvalue weighted by molar-refractivity contribution is -0.136. The van der Waals surface area contributed by atoms with Gasteiger partial charge in [0.15, 0.2) is 11.5 Å². The van der Waals surface area contributed by atoms with Crippen LogP contribution in [-0.4, -0.2) is 22.9 Å². The lowest BCUT2D eigenvalue weighted by Crippen LogP contribution is -2.06. The van der Waals surface area contributed by atoms with Gasteiger partial charge in [-0.15, -0.1) is 0 Å². The summed E-state index contributed by atoms with van der Waals surface area (Å²) in [6, 6.07) is 12.0. The van der Waals surface area contributed by atoms with E-state index in [9.17, 15) is 9.90 Å². The summed E-state index contributed by atoms with van der Waals surface area (Å²) >= 11 is 0. The fraction of sp³-hybridized carbons (Fsp3) is 0.273. The molecule has 1 aliphatic heterocycles. The van der Waals surface area contributed by atoms with E-state index in [0.29, 0.717) is 17.2 Å². The number of pyridine rings is 1. The summed E-state index contributed by atoms with van der Waals surface area (Å²) in [5, 5.41) is 10.3. The van der Waals surface area contributed by atoms with Crippen LogP contribution >= 0.6 is 0 Å². The first-order valence-electron chi connectivity index (χ1n) is 9.10. The monoisotopic (exact) mass is 363 g/mol. The number of hydrogen-bond acceptors (Lipinski definition) is 4. The summed E-state index contributed by atoms with van der Waals surface area (Å²) in [4.78, 5) is 16.3. The average molecular weight is 363 g/mol. The molecular weight excluding hydrogens is 342 g/mol. The first-order valence-corrected chi connectivity index (χ1v) is 9.10. The normalized spacial score (nSPS) is 12.5. The highest BCUT2D eigenvalue weighted by Gasteiger charge is 2.20. The summed E-state index contributed by atoms with van der Waals surface area (Å²) in [6.45, 7) is 4.29. The van der Waals surface area contributed by atoms with E-state index >= 15 is 0 Å². The molecule has 0 radical (unpaired) electrons. The third-order valence-electron chi connectivity index (χ3n) is 4.96. The second-order valence-electron chi connectivity index (χ2n) is 6.80. The molecule has 3 aromatic rings. The Morgan fingerprint density at radius 3 is 2.52 bits per heavy atom. The molecule has 0 atom stereocenters. The topological polar surface area (TPSA) is 68.7 Å². The van der Waals surface area contributed by atoms with E-state index in [1.54, 1.807) is 0 Å². The summed E-state index contributed by atoms with van der Waals surface area (Å²) in [5.74, 6) is 0.471. The number of carboxylic acid groups (broad SMARTS) is 1. The van der Waals surface area contributed by atoms with Gasteiger partial charge in [0, 0.05) is 17.0 Å². The van der Waals surface area contributed by atoms with Gasteiger partial charge in [0.2, 0.25) is 6.79 Å². The van der Waals surface area contributed by atoms with Crippen molar-refractivity contribution in [1.29, 1.82) is 0 Å². The average Bonchev–Trinajstić information content (AvgIpc) is 3.11. The van der Waals surface area contributed by atoms with Crippen LogP contribution in [0.1, 0.15) is 30.0 Å². The summed E-state index contributed by atoms with van der Waals surface area (Å²) < 4.78 is 10.9. The van der Waals surface area contributed by atoms with Gasteiger partial charge in [0.05, 0.1) is 17.6 Å². The molecule has 5 heteroatoms. The highest BCUT2D eigenvalue weighted by atomic mass is 16.7. The minimum Gasteiger partial charge on any atom is -0.481 e. The Balaban J connectivity index is 1.91. The zero-order valence-electron chi connectivity index (χ0n) is 15.4. The quantitative estimate of drug-likeness (QED) is 0.722. The smallest absolute Gasteiger partial charge is 0.307 e. The highest BCUT2D eigenvalue weighted by molar-refractivity contribution is 5.91. The number of benzene rings is 2. The van der Waals surface area contributed by atoms with Gasteiger partial charge < -0.3 is 14.6 Å². The van der Waals surface area contributed by atoms with Crippen molar-refractivity contribution in [2.24, 2.45) is 0 Å². The van der Waals surface area contributed by atoms with Gasteiger partial charge in [-0.1, -0.05) is 37.6 Å². The molecule has 138 valence electrons. The predicted molar refractivity (Wildman–Crippen MR) is 103 cm³/mol. The summed E-state index contributed by atoms with van der Waals surface area (Å²) in [6.07, 6.45) is 2.04. The number of rotatable bonds is 5. The van der Waals surface area contributed by atoms with E-state index in [1.165, 1.54) is 5.56 Å². The maximum absolute atomic E-state index is 11.5. The van der Waals surface area contributed by atoms with Crippen molar-refractivity contribution in [1.82, 2.24) is 4.98 Å². The molecule has 0 saturated carbocycles. The van der Waals surface area contributed by atoms with Crippen LogP contribution in [0.25, 0.3) is 22.2 Å². The summed E-state index contributed by atoms with van der Waals surface area (Å²) in [7, 11) is 0. The van der Waals surface area contributed by atoms with Crippen LogP contribution in [0.5, 0.6) is 11.5 Å². The lowest BCUT2D eigenvalue weighted by Gasteiger charge is -2.15. The fourth-order valence-corrected chi connectivity index (χ4v) is 3.58. The second kappa shape index (κ2) is 6.91. The van der Waals surface area contributed by atoms with Gasteiger partial charge in [0.1, 0.15) is 0 Å². The Morgan fingerprint density at radius 1 is 1.15 bits per heavy atom. The largest absolute Gasteiger partial charge is 0.481 e. The number of aliphatic carboxylic acids is 1. The van der Waals surface area contributed by atoms with Gasteiger partial charge >= 0.3 is 5.97 Å². The van der Waals surface area contributed by atoms with Crippen LogP contribution in [-0.2, 0) is 17.6 Å². The molecule has 0 amide bonds. The molecule has 0 unspecified atom stereocenters. The molecule has 0 spiro atoms. The van der Waals surface area contributed by atoms with Crippen LogP contribution in [0.4, 0.5) is 0 Å². The van der Waals surface area contributed by atoms with Crippen molar-refractivity contribution >= 4 is 16.9 Å². The second-order valence-corrected chi connectivity index (χ2v) is 6.80. The molecule has 4 rings (SSSR count). The van der Waals surface area contributed by atoms with E-state index in [-0.39, 0.29) is 13.2 Å². The molecule has 0 bridgehead atoms. The van der Waals surface area contributed by atoms with Gasteiger partial charge in [-0.2, -0.15) is 0 Å². The van der Waals surface area contributed by atoms with Gasteiger partial charge in [-0.3, -0.25) is 4.79 Å². The molecule has 5 nitrogen and oxygen atoms in total. The number of carbonyl (C=O) groups is 1. The molecule has 1 N–H and O–H groups in total. The van der Waals surface area contributed by atoms with Gasteiger partial charge in [-0.25, -0.2) is 4.98 Å². The first kappa shape index (κ1) is 17.3. The van der Waals surface area contributed by atoms with Crippen LogP contribution in [0.15, 0.2) is 36.4 Å². The maximum atomic E-state index is 11.5. The van der Waals surface area contributed by atoms with Crippen LogP contribution in [0, 0.1) is 6.92 Å². The molecule has 0 saturated heterocycles. The van der Waals surface area contributed by atoms with Crippen LogP contribution < -0.4 is 9.47 Å². The summed E-state index contributed by atoms with van der Waals surface area (Å²) in [5.41, 5.74) is 5.32. The van der Waals surface area contributed by atoms with Crippen molar-refractivity contribution < 1.29 is 19.4 Å². The first-order chi connectivity index (χ1) is 13.1. The molecule has 0 aliphatic carbocycles. The number of nitrogens with zero attached hydrogens (tertiary/aromatic N) is 1. The highest BCUT2D eigenvalue weighted by Crippen LogP contribution is 2.39. The predicted octanol–water partition coefficient (Wildman–Crippen LogP) is 4.52. The Bertz CT molecular complexity index is 1020. The Kier molecular flexibility index (Phi) is 4.44. The van der Waals surface area contributed by atoms with Gasteiger partial charge in [0.25, 0.3) is 0 Å². The third-order valence-corrected chi connectivity index (χ3v) is 4.96. The van der Waals surface area contributed by atoms with Crippen molar-refractivity contribution in [3.05, 3.63) is 53.1 Å². The Hall–Kier alpha value is -3.08. The molecular formula is C22H21NO4. The van der Waals surface area contributed by atoms with Crippen LogP contribution in [0.2, 0.25) is 0 Å². The number of carboxylic acids is 1. The molecule has 27 heavy (non-hydrogen) atoms. The zero-order valence-corrected chi connectivity index (χ0v) is 15.4. The number of fused-ring (bicyclic) bond motifs is 2. The molecule has 1 aromatic heterocycles. The van der Waals surface area contributed by atoms with Crippen LogP contribution in [0.3, 0.4) is 0 Å². The Labute approximate surface area is 157 Å². The van der Waals surface area contributed by atoms with E-state index in [4.69, 9.17) is 14.5 Å². The number of ether oxygens (including phenoxy) is 2. The molecule has 2 heterocycles. The van der Waals surface area contributed by atoms with E-state index in [2.05, 4.69) is 19.1 Å². The minimum atomic E-state index is -0.871. The lowest BCUT2D eigenvalue weighted by atomic mass is 9.94. The van der Waals surface area contributed by atoms with Crippen molar-refractivity contribution in [2.45, 2.75) is 33.1 Å². The molecule has 0 fully saturated rings. The minimum absolute atomic E-state index is 0.0741. The number of aryl methyl sites for hydroxylation is 2. The third kappa shape index (κ3) is 3.21. The van der Waals surface area contributed by atoms with Gasteiger partial charge in [-0.05, 0) is 36.1 Å². The zero-order chi connectivity index (χ0) is 19.0. The standard InChI is InChI=1S/C22H21NO4/c1-3-4-14-5-7-15(8-6-14)22-17(10-21(24)25)13(2)16-9-19-20(27-12-26-19)11-18(16)23-22/h5-9,11H,3-4,10,12H2,1-2H3,(H,24,25). The van der Waals surface area contributed by atoms with E-state index in [0.717, 1.165) is 40.4 Å². The van der Waals surface area contributed by atoms with Crippen molar-refractivity contribution in [3.63, 3.8) is 0 Å². The fourth-order valence-electron chi connectivity index (χ4n) is 3.58.